The van der Waals surface area contributed by atoms with Crippen molar-refractivity contribution in [3.05, 3.63) is 53.6 Å². The average Bonchev–Trinajstić information content (AvgIpc) is 3.29. The van der Waals surface area contributed by atoms with Gasteiger partial charge in [0.2, 0.25) is 11.0 Å². The number of benzene rings is 2. The van der Waals surface area contributed by atoms with Crippen LogP contribution in [0.15, 0.2) is 46.8 Å². The van der Waals surface area contributed by atoms with Crippen LogP contribution in [0.2, 0.25) is 0 Å². The Kier molecular flexibility index (Phi) is 8.22. The molecule has 10 nitrogen and oxygen atoms in total. The minimum absolute atomic E-state index is 0.0917. The van der Waals surface area contributed by atoms with Crippen LogP contribution in [0, 0.1) is 0 Å². The third-order valence-corrected chi connectivity index (χ3v) is 6.13. The fraction of sp³-hybridized carbons (Fsp3) is 0.190. The number of nitrogens with one attached hydrogen (secondary N) is 2. The number of carbonyl (C=O) groups excluding carboxylic acids is 3. The molecule has 3 rings (SSSR count). The fourth-order valence-electron chi connectivity index (χ4n) is 2.56. The van der Waals surface area contributed by atoms with Crippen molar-refractivity contribution in [1.82, 2.24) is 10.2 Å². The Labute approximate surface area is 197 Å². The van der Waals surface area contributed by atoms with E-state index in [-0.39, 0.29) is 11.7 Å². The molecule has 2 N–H and O–H groups in total. The largest absolute Gasteiger partial charge is 0.497 e. The summed E-state index contributed by atoms with van der Waals surface area (Å²) in [6.07, 6.45) is 0. The van der Waals surface area contributed by atoms with Crippen molar-refractivity contribution in [1.29, 1.82) is 0 Å². The van der Waals surface area contributed by atoms with Crippen LogP contribution in [0.4, 0.5) is 10.8 Å². The zero-order valence-corrected chi connectivity index (χ0v) is 19.5. The Morgan fingerprint density at radius 3 is 2.18 bits per heavy atom. The molecule has 0 aliphatic heterocycles. The number of anilines is 2. The number of amides is 2. The number of rotatable bonds is 9. The SMILES string of the molecule is COC(=O)c1ccc(NC(=O)CSc2nnc(NC(=O)c3cc(OC)cc(OC)c3)s2)cc1. The van der Waals surface area contributed by atoms with Crippen LogP contribution in [0.1, 0.15) is 20.7 Å². The Hall–Kier alpha value is -3.64. The molecule has 33 heavy (non-hydrogen) atoms. The highest BCUT2D eigenvalue weighted by Crippen LogP contribution is 2.27. The van der Waals surface area contributed by atoms with Gasteiger partial charge < -0.3 is 19.5 Å². The number of esters is 1. The second kappa shape index (κ2) is 11.3. The molecule has 2 amide bonds. The Morgan fingerprint density at radius 1 is 0.909 bits per heavy atom. The monoisotopic (exact) mass is 488 g/mol. The molecule has 0 atom stereocenters. The highest BCUT2D eigenvalue weighted by Gasteiger charge is 2.14. The minimum Gasteiger partial charge on any atom is -0.497 e. The van der Waals surface area contributed by atoms with Gasteiger partial charge in [-0.1, -0.05) is 23.1 Å². The summed E-state index contributed by atoms with van der Waals surface area (Å²) in [5.41, 5.74) is 1.28. The van der Waals surface area contributed by atoms with Crippen molar-refractivity contribution in [3.63, 3.8) is 0 Å². The molecule has 2 aromatic carbocycles. The second-order valence-corrected chi connectivity index (χ2v) is 8.53. The number of thioether (sulfide) groups is 1. The summed E-state index contributed by atoms with van der Waals surface area (Å²) in [6.45, 7) is 0. The molecule has 1 heterocycles. The summed E-state index contributed by atoms with van der Waals surface area (Å²) in [5.74, 6) is -0.0387. The average molecular weight is 489 g/mol. The van der Waals surface area contributed by atoms with Crippen molar-refractivity contribution in [2.75, 3.05) is 37.7 Å². The van der Waals surface area contributed by atoms with Crippen LogP contribution < -0.4 is 20.1 Å². The van der Waals surface area contributed by atoms with Gasteiger partial charge >= 0.3 is 5.97 Å². The molecular weight excluding hydrogens is 468 g/mol. The zero-order chi connectivity index (χ0) is 23.8. The van der Waals surface area contributed by atoms with Crippen molar-refractivity contribution in [2.24, 2.45) is 0 Å². The maximum atomic E-state index is 12.5. The molecule has 12 heteroatoms. The first-order chi connectivity index (χ1) is 15.9. The Balaban J connectivity index is 1.53. The topological polar surface area (TPSA) is 129 Å². The molecule has 1 aromatic heterocycles. The smallest absolute Gasteiger partial charge is 0.337 e. The lowest BCUT2D eigenvalue weighted by atomic mass is 10.2. The highest BCUT2D eigenvalue weighted by molar-refractivity contribution is 8.01. The number of methoxy groups -OCH3 is 3. The summed E-state index contributed by atoms with van der Waals surface area (Å²) in [6, 6.07) is 11.2. The van der Waals surface area contributed by atoms with E-state index in [1.807, 2.05) is 0 Å². The quantitative estimate of drug-likeness (QED) is 0.265. The fourth-order valence-corrected chi connectivity index (χ4v) is 4.11. The third-order valence-electron chi connectivity index (χ3n) is 4.16. The summed E-state index contributed by atoms with van der Waals surface area (Å²) >= 11 is 2.33. The van der Waals surface area contributed by atoms with Crippen LogP contribution in [0.5, 0.6) is 11.5 Å². The lowest BCUT2D eigenvalue weighted by Crippen LogP contribution is -2.14. The number of hydrogen-bond acceptors (Lipinski definition) is 10. The van der Waals surface area contributed by atoms with E-state index in [0.29, 0.717) is 37.8 Å². The van der Waals surface area contributed by atoms with Gasteiger partial charge in [0.1, 0.15) is 11.5 Å². The predicted molar refractivity (Wildman–Crippen MR) is 125 cm³/mol. The van der Waals surface area contributed by atoms with E-state index in [1.54, 1.807) is 42.5 Å². The van der Waals surface area contributed by atoms with Crippen LogP contribution in [0.3, 0.4) is 0 Å². The van der Waals surface area contributed by atoms with Crippen LogP contribution in [0.25, 0.3) is 0 Å². The zero-order valence-electron chi connectivity index (χ0n) is 17.9. The number of hydrogen-bond donors (Lipinski definition) is 2. The molecule has 0 bridgehead atoms. The van der Waals surface area contributed by atoms with Gasteiger partial charge in [-0.05, 0) is 36.4 Å². The van der Waals surface area contributed by atoms with Gasteiger partial charge in [0.05, 0.1) is 32.6 Å². The van der Waals surface area contributed by atoms with Crippen LogP contribution in [-0.4, -0.2) is 55.1 Å². The normalized spacial score (nSPS) is 10.3. The van der Waals surface area contributed by atoms with Gasteiger partial charge in [0.15, 0.2) is 4.34 Å². The predicted octanol–water partition coefficient (Wildman–Crippen LogP) is 3.33. The molecule has 172 valence electrons. The number of nitrogens with zero attached hydrogens (tertiary/aromatic N) is 2. The first-order valence-electron chi connectivity index (χ1n) is 9.40. The minimum atomic E-state index is -0.451. The molecule has 0 spiro atoms. The van der Waals surface area contributed by atoms with Gasteiger partial charge in [-0.15, -0.1) is 10.2 Å². The van der Waals surface area contributed by atoms with Crippen molar-refractivity contribution >= 4 is 51.7 Å². The van der Waals surface area contributed by atoms with Crippen molar-refractivity contribution < 1.29 is 28.6 Å². The van der Waals surface area contributed by atoms with E-state index < -0.39 is 11.9 Å². The van der Waals surface area contributed by atoms with Gasteiger partial charge in [-0.2, -0.15) is 0 Å². The molecule has 0 aliphatic carbocycles. The maximum absolute atomic E-state index is 12.5. The molecule has 0 radical (unpaired) electrons. The van der Waals surface area contributed by atoms with E-state index in [9.17, 15) is 14.4 Å². The number of carbonyl (C=O) groups is 3. The van der Waals surface area contributed by atoms with Gasteiger partial charge in [0, 0.05) is 17.3 Å². The first-order valence-corrected chi connectivity index (χ1v) is 11.2. The standard InChI is InChI=1S/C21H20N4O6S2/c1-29-15-8-13(9-16(10-15)30-2)18(27)23-20-24-25-21(33-20)32-11-17(26)22-14-6-4-12(5-7-14)19(28)31-3/h4-10H,11H2,1-3H3,(H,22,26)(H,23,24,27). The molecule has 0 unspecified atom stereocenters. The van der Waals surface area contributed by atoms with E-state index in [4.69, 9.17) is 9.47 Å². The molecule has 0 aliphatic rings. The molecular formula is C21H20N4O6S2. The first kappa shape index (κ1) is 24.0. The maximum Gasteiger partial charge on any atom is 0.337 e. The lowest BCUT2D eigenvalue weighted by Gasteiger charge is -2.07. The van der Waals surface area contributed by atoms with E-state index in [1.165, 1.54) is 33.1 Å². The van der Waals surface area contributed by atoms with E-state index >= 15 is 0 Å². The van der Waals surface area contributed by atoms with E-state index in [0.717, 1.165) is 11.3 Å². The second-order valence-electron chi connectivity index (χ2n) is 6.33. The summed E-state index contributed by atoms with van der Waals surface area (Å²) in [4.78, 5) is 36.2. The number of ether oxygens (including phenoxy) is 3. The van der Waals surface area contributed by atoms with Gasteiger partial charge in [-0.3, -0.25) is 14.9 Å². The van der Waals surface area contributed by atoms with Crippen molar-refractivity contribution in [2.45, 2.75) is 4.34 Å². The summed E-state index contributed by atoms with van der Waals surface area (Å²) in [5, 5.41) is 13.6. The Bertz CT molecular complexity index is 1130. The van der Waals surface area contributed by atoms with Crippen LogP contribution in [-0.2, 0) is 9.53 Å². The molecule has 0 saturated carbocycles. The molecule has 0 fully saturated rings. The van der Waals surface area contributed by atoms with Gasteiger partial charge in [-0.25, -0.2) is 4.79 Å². The van der Waals surface area contributed by atoms with Crippen LogP contribution >= 0.6 is 23.1 Å². The van der Waals surface area contributed by atoms with E-state index in [2.05, 4.69) is 25.6 Å². The summed E-state index contributed by atoms with van der Waals surface area (Å²) in [7, 11) is 4.30. The number of aromatic nitrogens is 2. The summed E-state index contributed by atoms with van der Waals surface area (Å²) < 4.78 is 15.5. The molecule has 3 aromatic rings. The third kappa shape index (κ3) is 6.67. The van der Waals surface area contributed by atoms with Gasteiger partial charge in [0.25, 0.3) is 5.91 Å². The van der Waals surface area contributed by atoms with Crippen molar-refractivity contribution in [3.8, 4) is 11.5 Å². The Morgan fingerprint density at radius 2 is 1.58 bits per heavy atom. The molecule has 0 saturated heterocycles. The highest BCUT2D eigenvalue weighted by atomic mass is 32.2. The lowest BCUT2D eigenvalue weighted by molar-refractivity contribution is -0.113.